The molecule has 0 saturated carbocycles. The zero-order valence-corrected chi connectivity index (χ0v) is 11.4. The summed E-state index contributed by atoms with van der Waals surface area (Å²) < 4.78 is 0. The van der Waals surface area contributed by atoms with Gasteiger partial charge in [0.2, 0.25) is 5.91 Å². The number of amides is 1. The van der Waals surface area contributed by atoms with Crippen LogP contribution < -0.4 is 5.32 Å². The molecule has 0 aliphatic rings. The average molecular weight is 274 g/mol. The van der Waals surface area contributed by atoms with Gasteiger partial charge in [-0.05, 0) is 35.7 Å². The average Bonchev–Trinajstić information content (AvgIpc) is 2.55. The van der Waals surface area contributed by atoms with Crippen molar-refractivity contribution in [1.29, 1.82) is 0 Å². The molecule has 0 atom stereocenters. The van der Waals surface area contributed by atoms with Crippen LogP contribution in [0.5, 0.6) is 0 Å². The first kappa shape index (κ1) is 13.1. The summed E-state index contributed by atoms with van der Waals surface area (Å²) in [5.41, 5.74) is 2.70. The first-order chi connectivity index (χ1) is 10.3. The van der Waals surface area contributed by atoms with Gasteiger partial charge in [-0.25, -0.2) is 0 Å². The molecular weight excluding hydrogens is 260 g/mol. The van der Waals surface area contributed by atoms with Crippen LogP contribution in [0.25, 0.3) is 22.0 Å². The zero-order chi connectivity index (χ0) is 14.7. The van der Waals surface area contributed by atoms with E-state index in [1.54, 1.807) is 6.20 Å². The van der Waals surface area contributed by atoms with Crippen molar-refractivity contribution in [3.05, 3.63) is 73.4 Å². The van der Waals surface area contributed by atoms with E-state index in [0.717, 1.165) is 27.7 Å². The van der Waals surface area contributed by atoms with Gasteiger partial charge in [0, 0.05) is 22.8 Å². The highest BCUT2D eigenvalue weighted by Gasteiger charge is 2.06. The molecule has 0 fully saturated rings. The number of anilines is 1. The second-order valence-corrected chi connectivity index (χ2v) is 4.65. The van der Waals surface area contributed by atoms with E-state index < -0.39 is 0 Å². The lowest BCUT2D eigenvalue weighted by molar-refractivity contribution is -0.111. The molecule has 3 heteroatoms. The lowest BCUT2D eigenvalue weighted by Crippen LogP contribution is -2.07. The molecule has 3 nitrogen and oxygen atoms in total. The number of carbonyl (C=O) groups is 1. The Labute approximate surface area is 123 Å². The molecule has 0 radical (unpaired) electrons. The van der Waals surface area contributed by atoms with E-state index in [2.05, 4.69) is 16.9 Å². The summed E-state index contributed by atoms with van der Waals surface area (Å²) in [6, 6.07) is 17.7. The maximum Gasteiger partial charge on any atom is 0.247 e. The maximum atomic E-state index is 11.5. The van der Waals surface area contributed by atoms with Crippen LogP contribution in [-0.4, -0.2) is 10.9 Å². The Morgan fingerprint density at radius 2 is 2.00 bits per heavy atom. The number of carbonyl (C=O) groups excluding carboxylic acids is 1. The standard InChI is InChI=1S/C18H14N2O/c1-2-18(21)20-17-8-5-6-13-9-10-14(12-15(13)17)16-7-3-4-11-19-16/h2-12H,1H2,(H,20,21). The number of fused-ring (bicyclic) bond motifs is 1. The molecule has 3 aromatic rings. The second kappa shape index (κ2) is 5.59. The van der Waals surface area contributed by atoms with Crippen LogP contribution >= 0.6 is 0 Å². The maximum absolute atomic E-state index is 11.5. The highest BCUT2D eigenvalue weighted by atomic mass is 16.1. The van der Waals surface area contributed by atoms with Gasteiger partial charge >= 0.3 is 0 Å². The number of pyridine rings is 1. The first-order valence-corrected chi connectivity index (χ1v) is 6.65. The predicted octanol–water partition coefficient (Wildman–Crippen LogP) is 4.03. The van der Waals surface area contributed by atoms with E-state index in [1.807, 2.05) is 54.6 Å². The largest absolute Gasteiger partial charge is 0.322 e. The molecule has 0 saturated heterocycles. The third-order valence-corrected chi connectivity index (χ3v) is 3.29. The molecule has 21 heavy (non-hydrogen) atoms. The molecule has 2 aromatic carbocycles. The minimum Gasteiger partial charge on any atom is -0.322 e. The van der Waals surface area contributed by atoms with Crippen LogP contribution in [0.4, 0.5) is 5.69 Å². The van der Waals surface area contributed by atoms with Crippen LogP contribution in [0.2, 0.25) is 0 Å². The smallest absolute Gasteiger partial charge is 0.247 e. The van der Waals surface area contributed by atoms with Gasteiger partial charge in [0.1, 0.15) is 0 Å². The number of rotatable bonds is 3. The van der Waals surface area contributed by atoms with Crippen molar-refractivity contribution in [2.75, 3.05) is 5.32 Å². The lowest BCUT2D eigenvalue weighted by atomic mass is 10.0. The number of benzene rings is 2. The molecule has 1 heterocycles. The number of aromatic nitrogens is 1. The van der Waals surface area contributed by atoms with E-state index in [-0.39, 0.29) is 5.91 Å². The number of nitrogens with one attached hydrogen (secondary N) is 1. The van der Waals surface area contributed by atoms with Crippen LogP contribution in [-0.2, 0) is 4.79 Å². The normalized spacial score (nSPS) is 10.3. The third kappa shape index (κ3) is 2.67. The molecule has 1 aromatic heterocycles. The van der Waals surface area contributed by atoms with Crippen molar-refractivity contribution in [2.24, 2.45) is 0 Å². The number of hydrogen-bond acceptors (Lipinski definition) is 2. The number of nitrogens with zero attached hydrogens (tertiary/aromatic N) is 1. The van der Waals surface area contributed by atoms with Crippen molar-refractivity contribution in [1.82, 2.24) is 4.98 Å². The Morgan fingerprint density at radius 3 is 2.76 bits per heavy atom. The highest BCUT2D eigenvalue weighted by molar-refractivity contribution is 6.06. The molecule has 0 unspecified atom stereocenters. The Hall–Kier alpha value is -2.94. The fourth-order valence-electron chi connectivity index (χ4n) is 2.26. The summed E-state index contributed by atoms with van der Waals surface area (Å²) in [5, 5.41) is 4.88. The summed E-state index contributed by atoms with van der Waals surface area (Å²) in [5.74, 6) is -0.217. The van der Waals surface area contributed by atoms with Gasteiger partial charge in [0.25, 0.3) is 0 Å². The van der Waals surface area contributed by atoms with Crippen molar-refractivity contribution < 1.29 is 4.79 Å². The molecular formula is C18H14N2O. The van der Waals surface area contributed by atoms with Gasteiger partial charge in [-0.15, -0.1) is 0 Å². The van der Waals surface area contributed by atoms with Crippen molar-refractivity contribution in [2.45, 2.75) is 0 Å². The summed E-state index contributed by atoms with van der Waals surface area (Å²) in [6.07, 6.45) is 3.03. The molecule has 0 bridgehead atoms. The molecule has 1 N–H and O–H groups in total. The SMILES string of the molecule is C=CC(=O)Nc1cccc2ccc(-c3ccccn3)cc12. The van der Waals surface area contributed by atoms with Gasteiger partial charge in [-0.1, -0.05) is 36.9 Å². The predicted molar refractivity (Wildman–Crippen MR) is 86.0 cm³/mol. The van der Waals surface area contributed by atoms with Crippen LogP contribution in [0, 0.1) is 0 Å². The van der Waals surface area contributed by atoms with E-state index >= 15 is 0 Å². The summed E-state index contributed by atoms with van der Waals surface area (Å²) in [4.78, 5) is 15.9. The Balaban J connectivity index is 2.13. The first-order valence-electron chi connectivity index (χ1n) is 6.65. The van der Waals surface area contributed by atoms with Gasteiger partial charge in [-0.3, -0.25) is 9.78 Å². The van der Waals surface area contributed by atoms with Gasteiger partial charge in [-0.2, -0.15) is 0 Å². The summed E-state index contributed by atoms with van der Waals surface area (Å²) in [6.45, 7) is 3.48. The second-order valence-electron chi connectivity index (χ2n) is 4.65. The minimum atomic E-state index is -0.217. The van der Waals surface area contributed by atoms with E-state index in [9.17, 15) is 4.79 Å². The van der Waals surface area contributed by atoms with E-state index in [4.69, 9.17) is 0 Å². The Morgan fingerprint density at radius 1 is 1.10 bits per heavy atom. The molecule has 0 aliphatic carbocycles. The van der Waals surface area contributed by atoms with Crippen LogP contribution in [0.1, 0.15) is 0 Å². The Kier molecular flexibility index (Phi) is 3.48. The molecule has 0 aliphatic heterocycles. The topological polar surface area (TPSA) is 42.0 Å². The van der Waals surface area contributed by atoms with E-state index in [0.29, 0.717) is 0 Å². The third-order valence-electron chi connectivity index (χ3n) is 3.29. The fourth-order valence-corrected chi connectivity index (χ4v) is 2.26. The van der Waals surface area contributed by atoms with Gasteiger partial charge in [0.15, 0.2) is 0 Å². The minimum absolute atomic E-state index is 0.217. The zero-order valence-electron chi connectivity index (χ0n) is 11.4. The Bertz CT molecular complexity index is 810. The summed E-state index contributed by atoms with van der Waals surface area (Å²) >= 11 is 0. The van der Waals surface area contributed by atoms with Crippen molar-refractivity contribution in [3.8, 4) is 11.3 Å². The quantitative estimate of drug-likeness (QED) is 0.733. The van der Waals surface area contributed by atoms with Crippen LogP contribution in [0.15, 0.2) is 73.4 Å². The molecule has 3 rings (SSSR count). The fraction of sp³-hybridized carbons (Fsp3) is 0. The van der Waals surface area contributed by atoms with Crippen molar-refractivity contribution in [3.63, 3.8) is 0 Å². The van der Waals surface area contributed by atoms with E-state index in [1.165, 1.54) is 6.08 Å². The van der Waals surface area contributed by atoms with Gasteiger partial charge < -0.3 is 5.32 Å². The highest BCUT2D eigenvalue weighted by Crippen LogP contribution is 2.28. The van der Waals surface area contributed by atoms with Crippen LogP contribution in [0.3, 0.4) is 0 Å². The lowest BCUT2D eigenvalue weighted by Gasteiger charge is -2.09. The number of hydrogen-bond donors (Lipinski definition) is 1. The monoisotopic (exact) mass is 274 g/mol. The molecule has 1 amide bonds. The molecule has 0 spiro atoms. The molecule has 102 valence electrons. The van der Waals surface area contributed by atoms with Gasteiger partial charge in [0.05, 0.1) is 5.69 Å². The summed E-state index contributed by atoms with van der Waals surface area (Å²) in [7, 11) is 0. The van der Waals surface area contributed by atoms with Crippen molar-refractivity contribution >= 4 is 22.4 Å².